The van der Waals surface area contributed by atoms with Crippen molar-refractivity contribution in [2.24, 2.45) is 0 Å². The number of carbonyl (C=O) groups is 1. The predicted molar refractivity (Wildman–Crippen MR) is 115 cm³/mol. The lowest BCUT2D eigenvalue weighted by atomic mass is 10.0. The molecular formula is C23H16N4O2S. The minimum atomic E-state index is -0.517. The van der Waals surface area contributed by atoms with Crippen molar-refractivity contribution in [3.8, 4) is 11.5 Å². The third-order valence-corrected chi connectivity index (χ3v) is 5.84. The second kappa shape index (κ2) is 7.96. The highest BCUT2D eigenvalue weighted by Gasteiger charge is 2.27. The van der Waals surface area contributed by atoms with Gasteiger partial charge in [0, 0.05) is 40.6 Å². The molecule has 7 heteroatoms. The summed E-state index contributed by atoms with van der Waals surface area (Å²) in [4.78, 5) is 20.7. The van der Waals surface area contributed by atoms with Gasteiger partial charge in [-0.2, -0.15) is 0 Å². The number of carbonyl (C=O) groups excluding carboxylic acids is 1. The lowest BCUT2D eigenvalue weighted by Crippen LogP contribution is -2.09. The molecule has 0 saturated heterocycles. The van der Waals surface area contributed by atoms with Crippen molar-refractivity contribution in [3.63, 3.8) is 0 Å². The molecule has 1 atom stereocenters. The third-order valence-electron chi connectivity index (χ3n) is 4.75. The number of hydrogen-bond donors (Lipinski definition) is 1. The molecular weight excluding hydrogens is 396 g/mol. The van der Waals surface area contributed by atoms with E-state index in [2.05, 4.69) is 20.2 Å². The first-order valence-corrected chi connectivity index (χ1v) is 10.2. The maximum atomic E-state index is 13.6. The number of ketones is 1. The van der Waals surface area contributed by atoms with Gasteiger partial charge < -0.3 is 9.40 Å². The fraction of sp³-hybridized carbons (Fsp3) is 0.0435. The number of Topliss-reactive ketones (excluding diaryl/α,β-unsaturated/α-hetero) is 1. The number of para-hydroxylation sites is 1. The van der Waals surface area contributed by atoms with Crippen LogP contribution >= 0.6 is 11.8 Å². The molecule has 0 amide bonds. The summed E-state index contributed by atoms with van der Waals surface area (Å²) in [5, 5.41) is 8.99. The number of nitrogens with zero attached hydrogens (tertiary/aromatic N) is 3. The normalized spacial score (nSPS) is 12.1. The molecule has 0 radical (unpaired) electrons. The summed E-state index contributed by atoms with van der Waals surface area (Å²) in [6, 6.07) is 21.0. The number of thioether (sulfide) groups is 1. The number of fused-ring (bicyclic) bond motifs is 1. The number of nitrogens with one attached hydrogen (secondary N) is 1. The van der Waals surface area contributed by atoms with Gasteiger partial charge in [0.05, 0.1) is 0 Å². The molecule has 0 aliphatic rings. The number of aromatic amines is 1. The Labute approximate surface area is 176 Å². The van der Waals surface area contributed by atoms with Crippen LogP contribution in [0.3, 0.4) is 0 Å². The molecule has 6 nitrogen and oxygen atoms in total. The number of aromatic nitrogens is 4. The Morgan fingerprint density at radius 1 is 0.933 bits per heavy atom. The molecule has 0 spiro atoms. The summed E-state index contributed by atoms with van der Waals surface area (Å²) >= 11 is 1.25. The van der Waals surface area contributed by atoms with E-state index in [1.807, 2.05) is 54.6 Å². The van der Waals surface area contributed by atoms with Gasteiger partial charge in [-0.3, -0.25) is 9.78 Å². The van der Waals surface area contributed by atoms with Crippen molar-refractivity contribution in [3.05, 3.63) is 96.4 Å². The van der Waals surface area contributed by atoms with E-state index < -0.39 is 5.25 Å². The first-order chi connectivity index (χ1) is 14.8. The molecule has 0 aliphatic heterocycles. The summed E-state index contributed by atoms with van der Waals surface area (Å²) < 4.78 is 5.83. The van der Waals surface area contributed by atoms with E-state index >= 15 is 0 Å². The lowest BCUT2D eigenvalue weighted by Gasteiger charge is -2.13. The van der Waals surface area contributed by atoms with Crippen molar-refractivity contribution < 1.29 is 9.21 Å². The molecule has 1 unspecified atom stereocenters. The minimum absolute atomic E-state index is 0.0210. The summed E-state index contributed by atoms with van der Waals surface area (Å²) in [6.45, 7) is 0. The lowest BCUT2D eigenvalue weighted by molar-refractivity contribution is 0.0990. The van der Waals surface area contributed by atoms with Gasteiger partial charge >= 0.3 is 0 Å². The van der Waals surface area contributed by atoms with E-state index in [4.69, 9.17) is 4.42 Å². The molecule has 1 N–H and O–H groups in total. The average molecular weight is 412 g/mol. The van der Waals surface area contributed by atoms with Gasteiger partial charge in [-0.25, -0.2) is 0 Å². The van der Waals surface area contributed by atoms with Crippen molar-refractivity contribution >= 4 is 28.4 Å². The highest BCUT2D eigenvalue weighted by atomic mass is 32.2. The van der Waals surface area contributed by atoms with E-state index in [0.29, 0.717) is 16.7 Å². The van der Waals surface area contributed by atoms with Crippen LogP contribution in [0.2, 0.25) is 0 Å². The molecule has 2 aromatic carbocycles. The summed E-state index contributed by atoms with van der Waals surface area (Å²) in [5.74, 6) is 0.374. The molecule has 5 aromatic rings. The largest absolute Gasteiger partial charge is 0.411 e. The summed E-state index contributed by atoms with van der Waals surface area (Å²) in [5.41, 5.74) is 3.22. The minimum Gasteiger partial charge on any atom is -0.411 e. The van der Waals surface area contributed by atoms with Crippen LogP contribution in [0.1, 0.15) is 21.2 Å². The highest BCUT2D eigenvalue weighted by molar-refractivity contribution is 8.00. The Kier molecular flexibility index (Phi) is 4.86. The van der Waals surface area contributed by atoms with Gasteiger partial charge in [0.25, 0.3) is 5.22 Å². The number of pyridine rings is 1. The molecule has 0 saturated carbocycles. The summed E-state index contributed by atoms with van der Waals surface area (Å²) in [6.07, 6.45) is 5.10. The van der Waals surface area contributed by atoms with Crippen molar-refractivity contribution in [1.29, 1.82) is 0 Å². The van der Waals surface area contributed by atoms with Gasteiger partial charge in [0.1, 0.15) is 5.25 Å². The number of rotatable bonds is 6. The maximum Gasteiger partial charge on any atom is 0.277 e. The monoisotopic (exact) mass is 412 g/mol. The zero-order valence-corrected chi connectivity index (χ0v) is 16.5. The Morgan fingerprint density at radius 2 is 1.70 bits per heavy atom. The molecule has 3 aromatic heterocycles. The predicted octanol–water partition coefficient (Wildman–Crippen LogP) is 5.33. The maximum absolute atomic E-state index is 13.6. The van der Waals surface area contributed by atoms with Crippen LogP contribution in [0.4, 0.5) is 0 Å². The van der Waals surface area contributed by atoms with Crippen molar-refractivity contribution in [1.82, 2.24) is 20.2 Å². The van der Waals surface area contributed by atoms with Crippen LogP contribution in [-0.2, 0) is 0 Å². The van der Waals surface area contributed by atoms with Gasteiger partial charge in [-0.05, 0) is 35.5 Å². The average Bonchev–Trinajstić information content (AvgIpc) is 3.45. The van der Waals surface area contributed by atoms with Gasteiger partial charge in [-0.15, -0.1) is 10.2 Å². The highest BCUT2D eigenvalue weighted by Crippen LogP contribution is 2.39. The van der Waals surface area contributed by atoms with Crippen LogP contribution in [-0.4, -0.2) is 25.9 Å². The number of benzene rings is 2. The van der Waals surface area contributed by atoms with E-state index in [0.717, 1.165) is 22.0 Å². The molecule has 0 aliphatic carbocycles. The van der Waals surface area contributed by atoms with Crippen molar-refractivity contribution in [2.45, 2.75) is 10.5 Å². The first kappa shape index (κ1) is 18.3. The molecule has 30 heavy (non-hydrogen) atoms. The van der Waals surface area contributed by atoms with Crippen LogP contribution in [0.15, 0.2) is 95.0 Å². The van der Waals surface area contributed by atoms with E-state index in [-0.39, 0.29) is 5.78 Å². The molecule has 146 valence electrons. The Bertz CT molecular complexity index is 1300. The van der Waals surface area contributed by atoms with Crippen LogP contribution in [0.5, 0.6) is 0 Å². The number of H-pyrrole nitrogens is 1. The molecule has 5 rings (SSSR count). The fourth-order valence-electron chi connectivity index (χ4n) is 3.29. The van der Waals surface area contributed by atoms with Crippen LogP contribution < -0.4 is 0 Å². The van der Waals surface area contributed by atoms with E-state index in [9.17, 15) is 4.79 Å². The SMILES string of the molecule is O=C(c1c[nH]c2ccccc12)C(Sc1nnc(-c2ccncc2)o1)c1ccccc1. The van der Waals surface area contributed by atoms with Gasteiger partial charge in [0.2, 0.25) is 5.89 Å². The van der Waals surface area contributed by atoms with Gasteiger partial charge in [0.15, 0.2) is 5.78 Å². The van der Waals surface area contributed by atoms with Crippen molar-refractivity contribution in [2.75, 3.05) is 0 Å². The second-order valence-electron chi connectivity index (χ2n) is 6.63. The standard InChI is InChI=1S/C23H16N4O2S/c28-20(18-14-25-19-9-5-4-8-17(18)19)21(15-6-2-1-3-7-15)30-23-27-26-22(29-23)16-10-12-24-13-11-16/h1-14,21,25H. The third kappa shape index (κ3) is 3.51. The fourth-order valence-corrected chi connectivity index (χ4v) is 4.23. The van der Waals surface area contributed by atoms with E-state index in [1.165, 1.54) is 11.8 Å². The topological polar surface area (TPSA) is 84.7 Å². The smallest absolute Gasteiger partial charge is 0.277 e. The Balaban J connectivity index is 1.50. The zero-order valence-electron chi connectivity index (χ0n) is 15.7. The van der Waals surface area contributed by atoms with Gasteiger partial charge in [-0.1, -0.05) is 48.5 Å². The number of hydrogen-bond acceptors (Lipinski definition) is 6. The van der Waals surface area contributed by atoms with Crippen LogP contribution in [0.25, 0.3) is 22.4 Å². The zero-order chi connectivity index (χ0) is 20.3. The Morgan fingerprint density at radius 3 is 2.53 bits per heavy atom. The second-order valence-corrected chi connectivity index (χ2v) is 7.69. The van der Waals surface area contributed by atoms with E-state index in [1.54, 1.807) is 30.7 Å². The molecule has 3 heterocycles. The molecule has 0 fully saturated rings. The van der Waals surface area contributed by atoms with Crippen LogP contribution in [0, 0.1) is 0 Å². The first-order valence-electron chi connectivity index (χ1n) is 9.35. The molecule has 0 bridgehead atoms. The quantitative estimate of drug-likeness (QED) is 0.300. The summed E-state index contributed by atoms with van der Waals surface area (Å²) in [7, 11) is 0. The Hall–Kier alpha value is -3.71.